The zero-order valence-corrected chi connectivity index (χ0v) is 11.7. The molecule has 0 aliphatic rings. The largest absolute Gasteiger partial charge is 0.294 e. The smallest absolute Gasteiger partial charge is 0.267 e. The number of rotatable bonds is 2. The van der Waals surface area contributed by atoms with Crippen LogP contribution in [-0.2, 0) is 6.54 Å². The Kier molecular flexibility index (Phi) is 3.72. The van der Waals surface area contributed by atoms with Gasteiger partial charge in [-0.2, -0.15) is 5.26 Å². The molecule has 0 amide bonds. The highest BCUT2D eigenvalue weighted by molar-refractivity contribution is 14.1. The SMILES string of the molecule is Cc1ncn(Cc2cccnc2C#N)c(=O)c1I. The molecule has 90 valence electrons. The molecular weight excluding hydrogens is 343 g/mol. The molecule has 18 heavy (non-hydrogen) atoms. The Morgan fingerprint density at radius 2 is 2.28 bits per heavy atom. The van der Waals surface area contributed by atoms with Crippen molar-refractivity contribution in [2.75, 3.05) is 0 Å². The first-order valence-electron chi connectivity index (χ1n) is 5.19. The first kappa shape index (κ1) is 12.7. The third-order valence-corrected chi connectivity index (χ3v) is 3.74. The number of hydrogen-bond acceptors (Lipinski definition) is 4. The van der Waals surface area contributed by atoms with Crippen LogP contribution in [-0.4, -0.2) is 14.5 Å². The summed E-state index contributed by atoms with van der Waals surface area (Å²) in [4.78, 5) is 20.1. The van der Waals surface area contributed by atoms with E-state index in [-0.39, 0.29) is 5.56 Å². The van der Waals surface area contributed by atoms with E-state index in [1.165, 1.54) is 10.9 Å². The van der Waals surface area contributed by atoms with Gasteiger partial charge in [0.1, 0.15) is 11.8 Å². The van der Waals surface area contributed by atoms with Crippen LogP contribution in [0.4, 0.5) is 0 Å². The monoisotopic (exact) mass is 352 g/mol. The second kappa shape index (κ2) is 5.27. The number of pyridine rings is 1. The van der Waals surface area contributed by atoms with Crippen LogP contribution in [0, 0.1) is 21.8 Å². The van der Waals surface area contributed by atoms with Crippen LogP contribution in [0.25, 0.3) is 0 Å². The molecule has 0 atom stereocenters. The third-order valence-electron chi connectivity index (χ3n) is 2.49. The fourth-order valence-electron chi connectivity index (χ4n) is 1.51. The van der Waals surface area contributed by atoms with E-state index in [1.807, 2.05) is 28.7 Å². The predicted octanol–water partition coefficient (Wildman–Crippen LogP) is 1.47. The van der Waals surface area contributed by atoms with Crippen molar-refractivity contribution < 1.29 is 0 Å². The predicted molar refractivity (Wildman–Crippen MR) is 74.0 cm³/mol. The van der Waals surface area contributed by atoms with Gasteiger partial charge in [-0.25, -0.2) is 9.97 Å². The zero-order chi connectivity index (χ0) is 13.1. The van der Waals surface area contributed by atoms with Gasteiger partial charge in [-0.15, -0.1) is 0 Å². The highest BCUT2D eigenvalue weighted by Gasteiger charge is 2.08. The molecule has 0 radical (unpaired) electrons. The van der Waals surface area contributed by atoms with Crippen molar-refractivity contribution in [1.29, 1.82) is 5.26 Å². The number of hydrogen-bond donors (Lipinski definition) is 0. The lowest BCUT2D eigenvalue weighted by Crippen LogP contribution is -2.25. The Labute approximate surface area is 117 Å². The Hall–Kier alpha value is -1.75. The van der Waals surface area contributed by atoms with Crippen molar-refractivity contribution in [3.8, 4) is 6.07 Å². The number of aromatic nitrogens is 3. The van der Waals surface area contributed by atoms with Gasteiger partial charge in [0.2, 0.25) is 0 Å². The van der Waals surface area contributed by atoms with Gasteiger partial charge in [0, 0.05) is 11.8 Å². The van der Waals surface area contributed by atoms with Gasteiger partial charge in [-0.1, -0.05) is 6.07 Å². The van der Waals surface area contributed by atoms with E-state index >= 15 is 0 Å². The third kappa shape index (κ3) is 2.41. The van der Waals surface area contributed by atoms with Gasteiger partial charge < -0.3 is 0 Å². The van der Waals surface area contributed by atoms with Gasteiger partial charge in [0.25, 0.3) is 5.56 Å². The maximum atomic E-state index is 12.0. The van der Waals surface area contributed by atoms with E-state index in [0.29, 0.717) is 27.1 Å². The quantitative estimate of drug-likeness (QED) is 0.768. The van der Waals surface area contributed by atoms with E-state index in [1.54, 1.807) is 25.3 Å². The highest BCUT2D eigenvalue weighted by atomic mass is 127. The number of halogens is 1. The second-order valence-electron chi connectivity index (χ2n) is 3.70. The fourth-order valence-corrected chi connectivity index (χ4v) is 1.96. The molecule has 2 aromatic heterocycles. The average molecular weight is 352 g/mol. The maximum absolute atomic E-state index is 12.0. The first-order valence-corrected chi connectivity index (χ1v) is 6.27. The molecule has 0 saturated carbocycles. The first-order chi connectivity index (χ1) is 8.63. The Morgan fingerprint density at radius 3 is 3.00 bits per heavy atom. The fraction of sp³-hybridized carbons (Fsp3) is 0.167. The lowest BCUT2D eigenvalue weighted by atomic mass is 10.2. The van der Waals surface area contributed by atoms with Crippen molar-refractivity contribution in [2.24, 2.45) is 0 Å². The Bertz CT molecular complexity index is 687. The van der Waals surface area contributed by atoms with E-state index in [2.05, 4.69) is 9.97 Å². The van der Waals surface area contributed by atoms with Crippen molar-refractivity contribution >= 4 is 22.6 Å². The Balaban J connectivity index is 2.45. The van der Waals surface area contributed by atoms with Crippen LogP contribution in [0.15, 0.2) is 29.5 Å². The number of aryl methyl sites for hydroxylation is 1. The van der Waals surface area contributed by atoms with Crippen molar-refractivity contribution in [1.82, 2.24) is 14.5 Å². The van der Waals surface area contributed by atoms with Crippen LogP contribution in [0.2, 0.25) is 0 Å². The van der Waals surface area contributed by atoms with Gasteiger partial charge >= 0.3 is 0 Å². The molecule has 0 bridgehead atoms. The average Bonchev–Trinajstić information content (AvgIpc) is 2.40. The summed E-state index contributed by atoms with van der Waals surface area (Å²) < 4.78 is 2.07. The van der Waals surface area contributed by atoms with Crippen molar-refractivity contribution in [2.45, 2.75) is 13.5 Å². The summed E-state index contributed by atoms with van der Waals surface area (Å²) >= 11 is 1.98. The maximum Gasteiger partial charge on any atom is 0.267 e. The molecule has 0 spiro atoms. The van der Waals surface area contributed by atoms with Crippen LogP contribution < -0.4 is 5.56 Å². The molecule has 0 aliphatic carbocycles. The molecule has 0 N–H and O–H groups in total. The van der Waals surface area contributed by atoms with Crippen LogP contribution in [0.1, 0.15) is 17.0 Å². The second-order valence-corrected chi connectivity index (χ2v) is 4.78. The van der Waals surface area contributed by atoms with Gasteiger partial charge in [-0.05, 0) is 35.6 Å². The van der Waals surface area contributed by atoms with Gasteiger partial charge in [0.05, 0.1) is 22.1 Å². The van der Waals surface area contributed by atoms with E-state index in [9.17, 15) is 4.79 Å². The van der Waals surface area contributed by atoms with Crippen molar-refractivity contribution in [3.63, 3.8) is 0 Å². The summed E-state index contributed by atoms with van der Waals surface area (Å²) in [6.45, 7) is 2.09. The molecule has 0 saturated heterocycles. The van der Waals surface area contributed by atoms with E-state index < -0.39 is 0 Å². The number of nitriles is 1. The lowest BCUT2D eigenvalue weighted by molar-refractivity contribution is 0.719. The molecule has 0 aliphatic heterocycles. The van der Waals surface area contributed by atoms with Gasteiger partial charge in [-0.3, -0.25) is 9.36 Å². The molecular formula is C12H9IN4O. The number of nitrogens with zero attached hydrogens (tertiary/aromatic N) is 4. The summed E-state index contributed by atoms with van der Waals surface area (Å²) in [7, 11) is 0. The molecule has 5 nitrogen and oxygen atoms in total. The van der Waals surface area contributed by atoms with Crippen LogP contribution in [0.3, 0.4) is 0 Å². The summed E-state index contributed by atoms with van der Waals surface area (Å²) in [5.41, 5.74) is 1.66. The molecule has 2 aromatic rings. The molecule has 0 aromatic carbocycles. The minimum absolute atomic E-state index is 0.101. The van der Waals surface area contributed by atoms with Crippen LogP contribution in [0.5, 0.6) is 0 Å². The summed E-state index contributed by atoms with van der Waals surface area (Å²) in [5.74, 6) is 0. The minimum Gasteiger partial charge on any atom is -0.294 e. The molecule has 0 fully saturated rings. The van der Waals surface area contributed by atoms with Crippen molar-refractivity contribution in [3.05, 3.63) is 55.5 Å². The molecule has 6 heteroatoms. The van der Waals surface area contributed by atoms with Crippen LogP contribution >= 0.6 is 22.6 Å². The summed E-state index contributed by atoms with van der Waals surface area (Å²) in [5, 5.41) is 8.95. The zero-order valence-electron chi connectivity index (χ0n) is 9.59. The minimum atomic E-state index is -0.101. The summed E-state index contributed by atoms with van der Waals surface area (Å²) in [6, 6.07) is 5.54. The molecule has 2 rings (SSSR count). The van der Waals surface area contributed by atoms with E-state index in [4.69, 9.17) is 5.26 Å². The summed E-state index contributed by atoms with van der Waals surface area (Å²) in [6.07, 6.45) is 3.05. The Morgan fingerprint density at radius 1 is 1.50 bits per heavy atom. The molecule has 2 heterocycles. The standard InChI is InChI=1S/C12H9IN4O/c1-8-11(13)12(18)17(7-16-8)6-9-3-2-4-15-10(9)5-14/h2-4,7H,6H2,1H3. The molecule has 0 unspecified atom stereocenters. The van der Waals surface area contributed by atoms with E-state index in [0.717, 1.165) is 0 Å². The van der Waals surface area contributed by atoms with Gasteiger partial charge in [0.15, 0.2) is 0 Å². The highest BCUT2D eigenvalue weighted by Crippen LogP contribution is 2.07. The normalized spacial score (nSPS) is 10.1. The lowest BCUT2D eigenvalue weighted by Gasteiger charge is -2.07. The topological polar surface area (TPSA) is 71.6 Å².